The molecule has 1 aromatic rings. The van der Waals surface area contributed by atoms with Gasteiger partial charge in [-0.25, -0.2) is 4.98 Å². The van der Waals surface area contributed by atoms with Crippen LogP contribution in [0, 0.1) is 18.8 Å². The van der Waals surface area contributed by atoms with Crippen LogP contribution >= 0.6 is 15.9 Å². The van der Waals surface area contributed by atoms with Crippen molar-refractivity contribution in [2.45, 2.75) is 39.7 Å². The van der Waals surface area contributed by atoms with Crippen LogP contribution in [0.3, 0.4) is 0 Å². The average Bonchev–Trinajstić information content (AvgIpc) is 2.54. The first-order valence-corrected chi connectivity index (χ1v) is 6.76. The van der Waals surface area contributed by atoms with E-state index in [-0.39, 0.29) is 0 Å². The lowest BCUT2D eigenvalue weighted by atomic mass is 9.98. The van der Waals surface area contributed by atoms with Gasteiger partial charge in [0.05, 0.1) is 4.47 Å². The van der Waals surface area contributed by atoms with Crippen molar-refractivity contribution in [3.63, 3.8) is 0 Å². The van der Waals surface area contributed by atoms with Crippen molar-refractivity contribution in [3.8, 4) is 0 Å². The van der Waals surface area contributed by atoms with Gasteiger partial charge in [0.15, 0.2) is 0 Å². The summed E-state index contributed by atoms with van der Waals surface area (Å²) in [4.78, 5) is 4.44. The highest BCUT2D eigenvalue weighted by Crippen LogP contribution is 2.34. The molecule has 0 spiro atoms. The molecule has 1 aliphatic carbocycles. The topological polar surface area (TPSA) is 24.9 Å². The van der Waals surface area contributed by atoms with Gasteiger partial charge in [-0.1, -0.05) is 13.8 Å². The molecule has 1 N–H and O–H groups in total. The quantitative estimate of drug-likeness (QED) is 0.887. The molecular formula is C13H19BrN2. The summed E-state index contributed by atoms with van der Waals surface area (Å²) < 4.78 is 1.07. The Balaban J connectivity index is 2.09. The van der Waals surface area contributed by atoms with Crippen molar-refractivity contribution in [2.75, 3.05) is 5.32 Å². The number of rotatable bonds is 2. The van der Waals surface area contributed by atoms with E-state index in [4.69, 9.17) is 0 Å². The van der Waals surface area contributed by atoms with Gasteiger partial charge >= 0.3 is 0 Å². The van der Waals surface area contributed by atoms with Crippen LogP contribution in [0.5, 0.6) is 0 Å². The van der Waals surface area contributed by atoms with Crippen LogP contribution in [-0.4, -0.2) is 11.0 Å². The monoisotopic (exact) mass is 282 g/mol. The summed E-state index contributed by atoms with van der Waals surface area (Å²) in [6, 6.07) is 2.68. The molecule has 3 unspecified atom stereocenters. The Kier molecular flexibility index (Phi) is 3.53. The molecule has 2 rings (SSSR count). The standard InChI is InChI=1S/C13H19BrN2/c1-8-6-11(14)13(15-7-8)16-12-5-4-9(2)10(12)3/h6-7,9-10,12H,4-5H2,1-3H3,(H,15,16). The lowest BCUT2D eigenvalue weighted by molar-refractivity contribution is 0.435. The van der Waals surface area contributed by atoms with E-state index < -0.39 is 0 Å². The second-order valence-electron chi connectivity index (χ2n) is 5.01. The minimum atomic E-state index is 0.571. The van der Waals surface area contributed by atoms with Crippen molar-refractivity contribution in [1.29, 1.82) is 0 Å². The summed E-state index contributed by atoms with van der Waals surface area (Å²) in [7, 11) is 0. The Hall–Kier alpha value is -0.570. The third-order valence-corrected chi connectivity index (χ3v) is 4.37. The van der Waals surface area contributed by atoms with Crippen LogP contribution in [0.1, 0.15) is 32.3 Å². The largest absolute Gasteiger partial charge is 0.366 e. The normalized spacial score (nSPS) is 29.4. The van der Waals surface area contributed by atoms with Gasteiger partial charge in [0, 0.05) is 12.2 Å². The minimum absolute atomic E-state index is 0.571. The molecule has 0 aromatic carbocycles. The zero-order valence-corrected chi connectivity index (χ0v) is 11.7. The Morgan fingerprint density at radius 1 is 1.38 bits per heavy atom. The van der Waals surface area contributed by atoms with Gasteiger partial charge in [0.25, 0.3) is 0 Å². The summed E-state index contributed by atoms with van der Waals surface area (Å²) in [6.45, 7) is 6.73. The molecule has 2 nitrogen and oxygen atoms in total. The van der Waals surface area contributed by atoms with Gasteiger partial charge in [-0.05, 0) is 59.2 Å². The molecule has 1 aliphatic rings. The first-order chi connectivity index (χ1) is 7.58. The van der Waals surface area contributed by atoms with E-state index in [1.165, 1.54) is 18.4 Å². The fourth-order valence-corrected chi connectivity index (χ4v) is 2.96. The van der Waals surface area contributed by atoms with E-state index in [9.17, 15) is 0 Å². The predicted octanol–water partition coefficient (Wildman–Crippen LogP) is 4.00. The maximum absolute atomic E-state index is 4.44. The highest BCUT2D eigenvalue weighted by atomic mass is 79.9. The third kappa shape index (κ3) is 2.40. The highest BCUT2D eigenvalue weighted by molar-refractivity contribution is 9.10. The summed E-state index contributed by atoms with van der Waals surface area (Å²) in [5.41, 5.74) is 1.19. The van der Waals surface area contributed by atoms with Crippen molar-refractivity contribution < 1.29 is 0 Å². The van der Waals surface area contributed by atoms with Crippen LogP contribution in [0.4, 0.5) is 5.82 Å². The Bertz CT molecular complexity index is 378. The second-order valence-corrected chi connectivity index (χ2v) is 5.86. The molecule has 3 heteroatoms. The summed E-state index contributed by atoms with van der Waals surface area (Å²) >= 11 is 3.56. The van der Waals surface area contributed by atoms with Gasteiger partial charge in [-0.3, -0.25) is 0 Å². The van der Waals surface area contributed by atoms with Gasteiger partial charge < -0.3 is 5.32 Å². The van der Waals surface area contributed by atoms with Gasteiger partial charge in [-0.2, -0.15) is 0 Å². The zero-order chi connectivity index (χ0) is 11.7. The molecule has 1 heterocycles. The summed E-state index contributed by atoms with van der Waals surface area (Å²) in [5.74, 6) is 2.54. The van der Waals surface area contributed by atoms with Gasteiger partial charge in [-0.15, -0.1) is 0 Å². The number of nitrogens with zero attached hydrogens (tertiary/aromatic N) is 1. The van der Waals surface area contributed by atoms with Crippen LogP contribution in [0.2, 0.25) is 0 Å². The number of halogens is 1. The average molecular weight is 283 g/mol. The number of aromatic nitrogens is 1. The number of hydrogen-bond donors (Lipinski definition) is 1. The molecule has 0 aliphatic heterocycles. The minimum Gasteiger partial charge on any atom is -0.366 e. The maximum Gasteiger partial charge on any atom is 0.140 e. The molecule has 0 radical (unpaired) electrons. The number of hydrogen-bond acceptors (Lipinski definition) is 2. The lowest BCUT2D eigenvalue weighted by Crippen LogP contribution is -2.24. The van der Waals surface area contributed by atoms with Crippen molar-refractivity contribution in [3.05, 3.63) is 22.3 Å². The van der Waals surface area contributed by atoms with Crippen LogP contribution in [-0.2, 0) is 0 Å². The van der Waals surface area contributed by atoms with E-state index >= 15 is 0 Å². The van der Waals surface area contributed by atoms with Crippen LogP contribution < -0.4 is 5.32 Å². The smallest absolute Gasteiger partial charge is 0.140 e. The summed E-state index contributed by atoms with van der Waals surface area (Å²) in [6.07, 6.45) is 4.49. The molecule has 0 saturated heterocycles. The number of anilines is 1. The molecule has 1 fully saturated rings. The fraction of sp³-hybridized carbons (Fsp3) is 0.615. The van der Waals surface area contributed by atoms with Crippen LogP contribution in [0.25, 0.3) is 0 Å². The molecule has 0 bridgehead atoms. The molecule has 16 heavy (non-hydrogen) atoms. The number of aryl methyl sites for hydroxylation is 1. The Morgan fingerprint density at radius 3 is 2.69 bits per heavy atom. The van der Waals surface area contributed by atoms with E-state index in [2.05, 4.69) is 53.1 Å². The molecule has 1 aromatic heterocycles. The third-order valence-electron chi connectivity index (χ3n) is 3.77. The fourth-order valence-electron chi connectivity index (χ4n) is 2.38. The van der Waals surface area contributed by atoms with Crippen LogP contribution in [0.15, 0.2) is 16.7 Å². The summed E-state index contributed by atoms with van der Waals surface area (Å²) in [5, 5.41) is 3.56. The first-order valence-electron chi connectivity index (χ1n) is 5.96. The van der Waals surface area contributed by atoms with E-state index in [1.54, 1.807) is 0 Å². The number of nitrogens with one attached hydrogen (secondary N) is 1. The predicted molar refractivity (Wildman–Crippen MR) is 71.6 cm³/mol. The molecule has 1 saturated carbocycles. The molecule has 3 atom stereocenters. The van der Waals surface area contributed by atoms with Crippen molar-refractivity contribution in [2.24, 2.45) is 11.8 Å². The van der Waals surface area contributed by atoms with Gasteiger partial charge in [0.1, 0.15) is 5.82 Å². The highest BCUT2D eigenvalue weighted by Gasteiger charge is 2.30. The Morgan fingerprint density at radius 2 is 2.12 bits per heavy atom. The van der Waals surface area contributed by atoms with Gasteiger partial charge in [0.2, 0.25) is 0 Å². The SMILES string of the molecule is Cc1cnc(NC2CCC(C)C2C)c(Br)c1. The van der Waals surface area contributed by atoms with Crippen molar-refractivity contribution in [1.82, 2.24) is 4.98 Å². The molecular weight excluding hydrogens is 264 g/mol. The zero-order valence-electron chi connectivity index (χ0n) is 10.1. The first kappa shape index (κ1) is 11.9. The van der Waals surface area contributed by atoms with E-state index in [0.29, 0.717) is 6.04 Å². The second kappa shape index (κ2) is 4.74. The molecule has 88 valence electrons. The molecule has 0 amide bonds. The number of pyridine rings is 1. The van der Waals surface area contributed by atoms with E-state index in [1.807, 2.05) is 6.20 Å². The van der Waals surface area contributed by atoms with Crippen molar-refractivity contribution >= 4 is 21.7 Å². The maximum atomic E-state index is 4.44. The van der Waals surface area contributed by atoms with E-state index in [0.717, 1.165) is 22.1 Å². The lowest BCUT2D eigenvalue weighted by Gasteiger charge is -2.20. The Labute approximate surface area is 106 Å².